The number of aliphatic hydroxyl groups excluding tert-OH is 1. The zero-order valence-corrected chi connectivity index (χ0v) is 12.3. The van der Waals surface area contributed by atoms with Crippen LogP contribution in [0.2, 0.25) is 0 Å². The monoisotopic (exact) mass is 342 g/mol. The first-order valence-electron chi connectivity index (χ1n) is 6.01. The molecule has 1 unspecified atom stereocenters. The first-order valence-corrected chi connectivity index (χ1v) is 6.81. The van der Waals surface area contributed by atoms with Crippen LogP contribution in [0.15, 0.2) is 40.9 Å². The fourth-order valence-electron chi connectivity index (χ4n) is 1.74. The topological polar surface area (TPSA) is 29.5 Å². The van der Waals surface area contributed by atoms with Crippen LogP contribution in [0.4, 0.5) is 8.78 Å². The van der Waals surface area contributed by atoms with Gasteiger partial charge in [0.15, 0.2) is 0 Å². The summed E-state index contributed by atoms with van der Waals surface area (Å²) < 4.78 is 33.2. The minimum atomic E-state index is -0.882. The van der Waals surface area contributed by atoms with Gasteiger partial charge in [0.2, 0.25) is 0 Å². The van der Waals surface area contributed by atoms with Crippen molar-refractivity contribution in [3.63, 3.8) is 0 Å². The molecule has 106 valence electrons. The van der Waals surface area contributed by atoms with Crippen LogP contribution in [0.25, 0.3) is 0 Å². The van der Waals surface area contributed by atoms with Crippen LogP contribution >= 0.6 is 15.9 Å². The number of ether oxygens (including phenoxy) is 1. The number of hydrogen-bond acceptors (Lipinski definition) is 2. The molecule has 0 aliphatic heterocycles. The third-order valence-corrected chi connectivity index (χ3v) is 3.32. The van der Waals surface area contributed by atoms with E-state index in [1.165, 1.54) is 25.1 Å². The molecular weight excluding hydrogens is 330 g/mol. The van der Waals surface area contributed by atoms with Gasteiger partial charge in [0.25, 0.3) is 0 Å². The maximum Gasteiger partial charge on any atom is 0.132 e. The van der Waals surface area contributed by atoms with Crippen molar-refractivity contribution in [2.24, 2.45) is 0 Å². The lowest BCUT2D eigenvalue weighted by atomic mass is 10.1. The molecule has 0 saturated heterocycles. The summed E-state index contributed by atoms with van der Waals surface area (Å²) in [6.07, 6.45) is -0.882. The maximum atomic E-state index is 13.6. The highest BCUT2D eigenvalue weighted by molar-refractivity contribution is 9.10. The average Bonchev–Trinajstić information content (AvgIpc) is 2.37. The van der Waals surface area contributed by atoms with E-state index in [1.807, 2.05) is 0 Å². The van der Waals surface area contributed by atoms with Crippen molar-refractivity contribution in [1.82, 2.24) is 0 Å². The van der Waals surface area contributed by atoms with Gasteiger partial charge in [0.05, 0.1) is 6.10 Å². The first-order chi connectivity index (χ1) is 9.47. The molecule has 0 aromatic heterocycles. The second-order valence-corrected chi connectivity index (χ2v) is 5.30. The quantitative estimate of drug-likeness (QED) is 0.894. The fraction of sp³-hybridized carbons (Fsp3) is 0.200. The predicted octanol–water partition coefficient (Wildman–Crippen LogP) is 4.36. The highest BCUT2D eigenvalue weighted by atomic mass is 79.9. The van der Waals surface area contributed by atoms with Crippen LogP contribution in [0.5, 0.6) is 5.75 Å². The van der Waals surface area contributed by atoms with Crippen LogP contribution in [0.1, 0.15) is 24.2 Å². The maximum absolute atomic E-state index is 13.6. The van der Waals surface area contributed by atoms with Crippen molar-refractivity contribution in [3.05, 3.63) is 63.6 Å². The zero-order chi connectivity index (χ0) is 14.7. The van der Waals surface area contributed by atoms with E-state index in [4.69, 9.17) is 4.74 Å². The van der Waals surface area contributed by atoms with E-state index in [1.54, 1.807) is 18.2 Å². The van der Waals surface area contributed by atoms with Gasteiger partial charge >= 0.3 is 0 Å². The number of rotatable bonds is 4. The highest BCUT2D eigenvalue weighted by Gasteiger charge is 2.10. The molecule has 2 rings (SSSR count). The van der Waals surface area contributed by atoms with E-state index in [0.717, 1.165) is 0 Å². The van der Waals surface area contributed by atoms with E-state index < -0.39 is 11.9 Å². The van der Waals surface area contributed by atoms with Crippen molar-refractivity contribution < 1.29 is 18.6 Å². The highest BCUT2D eigenvalue weighted by Crippen LogP contribution is 2.23. The van der Waals surface area contributed by atoms with Gasteiger partial charge in [-0.05, 0) is 31.2 Å². The van der Waals surface area contributed by atoms with Crippen molar-refractivity contribution in [1.29, 1.82) is 0 Å². The molecule has 2 aromatic rings. The third kappa shape index (κ3) is 3.55. The summed E-state index contributed by atoms with van der Waals surface area (Å²) in [4.78, 5) is 0. The van der Waals surface area contributed by atoms with Crippen molar-refractivity contribution in [3.8, 4) is 5.75 Å². The summed E-state index contributed by atoms with van der Waals surface area (Å²) >= 11 is 3.17. The van der Waals surface area contributed by atoms with E-state index >= 15 is 0 Å². The Morgan fingerprint density at radius 3 is 2.50 bits per heavy atom. The Bertz CT molecular complexity index is 615. The van der Waals surface area contributed by atoms with E-state index in [0.29, 0.717) is 10.0 Å². The van der Waals surface area contributed by atoms with E-state index in [-0.39, 0.29) is 23.7 Å². The summed E-state index contributed by atoms with van der Waals surface area (Å²) in [6.45, 7) is 1.49. The second kappa shape index (κ2) is 6.33. The van der Waals surface area contributed by atoms with Crippen LogP contribution < -0.4 is 4.74 Å². The Labute approximate surface area is 124 Å². The van der Waals surface area contributed by atoms with Gasteiger partial charge in [0, 0.05) is 21.7 Å². The molecule has 2 nitrogen and oxygen atoms in total. The Morgan fingerprint density at radius 2 is 1.90 bits per heavy atom. The summed E-state index contributed by atoms with van der Waals surface area (Å²) in [5.41, 5.74) is 0.584. The van der Waals surface area contributed by atoms with Gasteiger partial charge in [0.1, 0.15) is 24.0 Å². The predicted molar refractivity (Wildman–Crippen MR) is 75.5 cm³/mol. The van der Waals surface area contributed by atoms with Crippen LogP contribution in [0.3, 0.4) is 0 Å². The third-order valence-electron chi connectivity index (χ3n) is 2.83. The Kier molecular flexibility index (Phi) is 4.73. The van der Waals surface area contributed by atoms with Crippen molar-refractivity contribution >= 4 is 15.9 Å². The second-order valence-electron chi connectivity index (χ2n) is 4.38. The minimum Gasteiger partial charge on any atom is -0.489 e. The molecule has 0 spiro atoms. The standard InChI is InChI=1S/C15H13BrF2O2/c1-9(19)13-5-4-12(7-15(13)18)20-8-10-2-3-11(16)6-14(10)17/h2-7,9,19H,8H2,1H3. The van der Waals surface area contributed by atoms with Crippen LogP contribution in [0, 0.1) is 11.6 Å². The summed E-state index contributed by atoms with van der Waals surface area (Å²) in [7, 11) is 0. The molecule has 1 N–H and O–H groups in total. The molecule has 2 aromatic carbocycles. The normalized spacial score (nSPS) is 12.2. The molecule has 1 atom stereocenters. The lowest BCUT2D eigenvalue weighted by Gasteiger charge is -2.10. The Balaban J connectivity index is 2.09. The van der Waals surface area contributed by atoms with Crippen molar-refractivity contribution in [2.45, 2.75) is 19.6 Å². The number of hydrogen-bond donors (Lipinski definition) is 1. The molecule has 0 saturated carbocycles. The molecule has 0 radical (unpaired) electrons. The fourth-order valence-corrected chi connectivity index (χ4v) is 2.07. The molecule has 20 heavy (non-hydrogen) atoms. The molecule has 0 amide bonds. The smallest absolute Gasteiger partial charge is 0.132 e. The van der Waals surface area contributed by atoms with Gasteiger partial charge < -0.3 is 9.84 Å². The lowest BCUT2D eigenvalue weighted by molar-refractivity contribution is 0.194. The Hall–Kier alpha value is -1.46. The van der Waals surface area contributed by atoms with Gasteiger partial charge in [-0.15, -0.1) is 0 Å². The molecule has 0 aliphatic carbocycles. The van der Waals surface area contributed by atoms with Gasteiger partial charge in [-0.2, -0.15) is 0 Å². The summed E-state index contributed by atoms with van der Waals surface area (Å²) in [5, 5.41) is 9.33. The van der Waals surface area contributed by atoms with Crippen molar-refractivity contribution in [2.75, 3.05) is 0 Å². The van der Waals surface area contributed by atoms with E-state index in [2.05, 4.69) is 15.9 Å². The number of benzene rings is 2. The number of aliphatic hydroxyl groups is 1. The van der Waals surface area contributed by atoms with Gasteiger partial charge in [-0.25, -0.2) is 8.78 Å². The molecule has 0 bridgehead atoms. The minimum absolute atomic E-state index is 0.00653. The van der Waals surface area contributed by atoms with E-state index in [9.17, 15) is 13.9 Å². The first kappa shape index (κ1) is 14.9. The molecule has 0 heterocycles. The Morgan fingerprint density at radius 1 is 1.15 bits per heavy atom. The number of halogens is 3. The largest absolute Gasteiger partial charge is 0.489 e. The zero-order valence-electron chi connectivity index (χ0n) is 10.7. The van der Waals surface area contributed by atoms with Crippen LogP contribution in [-0.2, 0) is 6.61 Å². The molecule has 0 fully saturated rings. The SMILES string of the molecule is CC(O)c1ccc(OCc2ccc(Br)cc2F)cc1F. The molecule has 5 heteroatoms. The molecular formula is C15H13BrF2O2. The lowest BCUT2D eigenvalue weighted by Crippen LogP contribution is -2.00. The molecule has 0 aliphatic rings. The summed E-state index contributed by atoms with van der Waals surface area (Å²) in [6, 6.07) is 8.82. The van der Waals surface area contributed by atoms with Crippen LogP contribution in [-0.4, -0.2) is 5.11 Å². The van der Waals surface area contributed by atoms with Gasteiger partial charge in [-0.1, -0.05) is 22.0 Å². The van der Waals surface area contributed by atoms with Gasteiger partial charge in [-0.3, -0.25) is 0 Å². The average molecular weight is 343 g/mol. The summed E-state index contributed by atoms with van der Waals surface area (Å²) in [5.74, 6) is -0.650.